The molecule has 2 atom stereocenters. The number of aliphatic imine (C=N–C) groups is 1. The molecule has 3 N–H and O–H groups in total. The van der Waals surface area contributed by atoms with Crippen molar-refractivity contribution in [3.05, 3.63) is 0 Å². The van der Waals surface area contributed by atoms with Crippen molar-refractivity contribution in [1.82, 2.24) is 10.6 Å². The minimum Gasteiger partial charge on any atom is -0.388 e. The quantitative estimate of drug-likeness (QED) is 0.517. The van der Waals surface area contributed by atoms with Crippen LogP contribution in [0.3, 0.4) is 0 Å². The Bertz CT molecular complexity index is 416. The molecule has 0 aromatic carbocycles. The van der Waals surface area contributed by atoms with E-state index in [0.29, 0.717) is 24.1 Å². The topological polar surface area (TPSA) is 65.9 Å². The van der Waals surface area contributed by atoms with Gasteiger partial charge in [-0.3, -0.25) is 4.99 Å². The lowest BCUT2D eigenvalue weighted by molar-refractivity contribution is -0.168. The van der Waals surface area contributed by atoms with E-state index in [2.05, 4.69) is 29.5 Å². The first kappa shape index (κ1) is 16.1. The molecule has 3 saturated carbocycles. The van der Waals surface area contributed by atoms with Gasteiger partial charge in [-0.15, -0.1) is 0 Å². The summed E-state index contributed by atoms with van der Waals surface area (Å²) in [6, 6.07) is 0.464. The highest BCUT2D eigenvalue weighted by molar-refractivity contribution is 5.80. The normalized spacial score (nSPS) is 31.9. The van der Waals surface area contributed by atoms with Crippen LogP contribution in [0.5, 0.6) is 0 Å². The zero-order valence-electron chi connectivity index (χ0n) is 14.0. The lowest BCUT2D eigenvalue weighted by atomic mass is 9.51. The van der Waals surface area contributed by atoms with E-state index in [-0.39, 0.29) is 0 Å². The second-order valence-corrected chi connectivity index (χ2v) is 7.24. The maximum absolute atomic E-state index is 10.2. The molecule has 0 heterocycles. The standard InChI is InChI=1S/C17H31N3O2/c1-3-18-15(19-12-16(21)7-5-8-16)20-13-11-14(22-4-2)17(13)9-6-10-17/h13-14,21H,3-12H2,1-2H3,(H2,18,19,20). The minimum absolute atomic E-state index is 0.333. The fourth-order valence-electron chi connectivity index (χ4n) is 4.09. The zero-order valence-corrected chi connectivity index (χ0v) is 14.0. The highest BCUT2D eigenvalue weighted by Crippen LogP contribution is 2.57. The molecule has 0 aromatic heterocycles. The van der Waals surface area contributed by atoms with Crippen LogP contribution in [0.1, 0.15) is 58.8 Å². The van der Waals surface area contributed by atoms with E-state index in [1.54, 1.807) is 0 Å². The van der Waals surface area contributed by atoms with Gasteiger partial charge in [0.1, 0.15) is 0 Å². The van der Waals surface area contributed by atoms with Crippen LogP contribution in [0.2, 0.25) is 0 Å². The van der Waals surface area contributed by atoms with Crippen molar-refractivity contribution in [3.8, 4) is 0 Å². The molecule has 3 rings (SSSR count). The zero-order chi connectivity index (χ0) is 15.6. The Kier molecular flexibility index (Phi) is 4.64. The summed E-state index contributed by atoms with van der Waals surface area (Å²) >= 11 is 0. The average Bonchev–Trinajstić information content (AvgIpc) is 2.39. The molecule has 0 bridgehead atoms. The van der Waals surface area contributed by atoms with Gasteiger partial charge >= 0.3 is 0 Å². The first-order valence-electron chi connectivity index (χ1n) is 9.01. The molecule has 3 aliphatic carbocycles. The van der Waals surface area contributed by atoms with Crippen molar-refractivity contribution in [2.75, 3.05) is 19.7 Å². The number of guanidine groups is 1. The molecule has 0 aromatic rings. The molecule has 0 amide bonds. The summed E-state index contributed by atoms with van der Waals surface area (Å²) in [4.78, 5) is 4.63. The van der Waals surface area contributed by atoms with Crippen LogP contribution in [-0.2, 0) is 4.74 Å². The molecule has 5 heteroatoms. The lowest BCUT2D eigenvalue weighted by Crippen LogP contribution is -2.68. The third-order valence-corrected chi connectivity index (χ3v) is 5.91. The molecule has 126 valence electrons. The van der Waals surface area contributed by atoms with Gasteiger partial charge in [0.15, 0.2) is 5.96 Å². The minimum atomic E-state index is -0.552. The molecular weight excluding hydrogens is 278 g/mol. The second-order valence-electron chi connectivity index (χ2n) is 7.24. The summed E-state index contributed by atoms with van der Waals surface area (Å²) in [6.07, 6.45) is 8.22. The van der Waals surface area contributed by atoms with Gasteiger partial charge in [-0.05, 0) is 52.4 Å². The summed E-state index contributed by atoms with van der Waals surface area (Å²) in [5.41, 5.74) is -0.219. The van der Waals surface area contributed by atoms with E-state index in [4.69, 9.17) is 4.74 Å². The van der Waals surface area contributed by atoms with E-state index in [9.17, 15) is 5.11 Å². The third-order valence-electron chi connectivity index (χ3n) is 5.91. The van der Waals surface area contributed by atoms with Crippen molar-refractivity contribution >= 4 is 5.96 Å². The molecule has 0 aliphatic heterocycles. The summed E-state index contributed by atoms with van der Waals surface area (Å²) in [7, 11) is 0. The molecule has 5 nitrogen and oxygen atoms in total. The first-order valence-corrected chi connectivity index (χ1v) is 9.01. The largest absolute Gasteiger partial charge is 0.388 e. The highest BCUT2D eigenvalue weighted by Gasteiger charge is 2.59. The molecule has 0 saturated heterocycles. The lowest BCUT2D eigenvalue weighted by Gasteiger charge is -2.61. The number of nitrogens with zero attached hydrogens (tertiary/aromatic N) is 1. The molecule has 0 radical (unpaired) electrons. The summed E-state index contributed by atoms with van der Waals surface area (Å²) in [5.74, 6) is 0.856. The average molecular weight is 309 g/mol. The molecule has 2 unspecified atom stereocenters. The maximum atomic E-state index is 10.2. The fourth-order valence-corrected chi connectivity index (χ4v) is 4.09. The first-order chi connectivity index (χ1) is 10.6. The molecule has 22 heavy (non-hydrogen) atoms. The number of ether oxygens (including phenoxy) is 1. The van der Waals surface area contributed by atoms with Crippen LogP contribution in [-0.4, -0.2) is 48.5 Å². The number of hydrogen-bond donors (Lipinski definition) is 3. The Hall–Kier alpha value is -0.810. The van der Waals surface area contributed by atoms with Gasteiger partial charge in [-0.2, -0.15) is 0 Å². The smallest absolute Gasteiger partial charge is 0.191 e. The molecule has 3 aliphatic rings. The Morgan fingerprint density at radius 1 is 1.23 bits per heavy atom. The van der Waals surface area contributed by atoms with Crippen LogP contribution in [0.15, 0.2) is 4.99 Å². The second kappa shape index (κ2) is 6.36. The monoisotopic (exact) mass is 309 g/mol. The highest BCUT2D eigenvalue weighted by atomic mass is 16.5. The van der Waals surface area contributed by atoms with Crippen molar-refractivity contribution in [2.24, 2.45) is 10.4 Å². The van der Waals surface area contributed by atoms with Gasteiger partial charge < -0.3 is 20.5 Å². The number of hydrogen-bond acceptors (Lipinski definition) is 3. The number of nitrogens with one attached hydrogen (secondary N) is 2. The SMILES string of the molecule is CCNC(=NCC1(O)CCC1)NC1CC(OCC)C12CCC2. The van der Waals surface area contributed by atoms with Gasteiger partial charge in [0.2, 0.25) is 0 Å². The Morgan fingerprint density at radius 3 is 2.45 bits per heavy atom. The van der Waals surface area contributed by atoms with Gasteiger partial charge in [-0.1, -0.05) is 6.42 Å². The maximum Gasteiger partial charge on any atom is 0.191 e. The summed E-state index contributed by atoms with van der Waals surface area (Å²) in [6.45, 7) is 6.33. The Balaban J connectivity index is 1.58. The molecular formula is C17H31N3O2. The van der Waals surface area contributed by atoms with E-state index in [1.807, 2.05) is 0 Å². The van der Waals surface area contributed by atoms with Crippen LogP contribution in [0, 0.1) is 5.41 Å². The van der Waals surface area contributed by atoms with E-state index >= 15 is 0 Å². The Morgan fingerprint density at radius 2 is 1.95 bits per heavy atom. The Labute approximate surface area is 133 Å². The number of rotatable bonds is 6. The van der Waals surface area contributed by atoms with Gasteiger partial charge in [0, 0.05) is 24.6 Å². The van der Waals surface area contributed by atoms with E-state index in [1.165, 1.54) is 19.3 Å². The summed E-state index contributed by atoms with van der Waals surface area (Å²) < 4.78 is 5.91. The van der Waals surface area contributed by atoms with E-state index < -0.39 is 5.60 Å². The van der Waals surface area contributed by atoms with Crippen LogP contribution < -0.4 is 10.6 Å². The van der Waals surface area contributed by atoms with Crippen molar-refractivity contribution in [1.29, 1.82) is 0 Å². The van der Waals surface area contributed by atoms with Gasteiger partial charge in [-0.25, -0.2) is 0 Å². The predicted octanol–water partition coefficient (Wildman–Crippen LogP) is 1.80. The third kappa shape index (κ3) is 2.85. The predicted molar refractivity (Wildman–Crippen MR) is 88.0 cm³/mol. The van der Waals surface area contributed by atoms with E-state index in [0.717, 1.165) is 44.8 Å². The molecule has 3 fully saturated rings. The number of aliphatic hydroxyl groups is 1. The van der Waals surface area contributed by atoms with Crippen molar-refractivity contribution < 1.29 is 9.84 Å². The molecule has 1 spiro atoms. The van der Waals surface area contributed by atoms with Crippen molar-refractivity contribution in [2.45, 2.75) is 76.5 Å². The van der Waals surface area contributed by atoms with Gasteiger partial charge in [0.25, 0.3) is 0 Å². The van der Waals surface area contributed by atoms with Crippen molar-refractivity contribution in [3.63, 3.8) is 0 Å². The summed E-state index contributed by atoms with van der Waals surface area (Å²) in [5, 5.41) is 17.1. The van der Waals surface area contributed by atoms with Crippen LogP contribution in [0.25, 0.3) is 0 Å². The van der Waals surface area contributed by atoms with Crippen LogP contribution in [0.4, 0.5) is 0 Å². The fraction of sp³-hybridized carbons (Fsp3) is 0.941. The van der Waals surface area contributed by atoms with Gasteiger partial charge in [0.05, 0.1) is 18.2 Å². The van der Waals surface area contributed by atoms with Crippen LogP contribution >= 0.6 is 0 Å².